The molecule has 0 saturated carbocycles. The zero-order valence-electron chi connectivity index (χ0n) is 14.5. The molecule has 132 valence electrons. The fourth-order valence-corrected chi connectivity index (χ4v) is 2.63. The van der Waals surface area contributed by atoms with Crippen LogP contribution in [0.2, 0.25) is 0 Å². The van der Waals surface area contributed by atoms with Gasteiger partial charge in [0.1, 0.15) is 11.3 Å². The number of hydrogen-bond acceptors (Lipinski definition) is 5. The second-order valence-electron chi connectivity index (χ2n) is 5.74. The largest absolute Gasteiger partial charge is 0.452 e. The molecule has 0 aliphatic rings. The van der Waals surface area contributed by atoms with E-state index in [1.165, 1.54) is 0 Å². The highest BCUT2D eigenvalue weighted by atomic mass is 16.5. The van der Waals surface area contributed by atoms with E-state index in [1.54, 1.807) is 19.9 Å². The van der Waals surface area contributed by atoms with Gasteiger partial charge in [-0.25, -0.2) is 4.79 Å². The highest BCUT2D eigenvalue weighted by Gasteiger charge is 2.20. The van der Waals surface area contributed by atoms with Gasteiger partial charge in [-0.2, -0.15) is 0 Å². The van der Waals surface area contributed by atoms with Crippen LogP contribution in [-0.2, 0) is 9.53 Å². The maximum atomic E-state index is 12.2. The van der Waals surface area contributed by atoms with Crippen molar-refractivity contribution in [2.75, 3.05) is 11.9 Å². The van der Waals surface area contributed by atoms with Crippen molar-refractivity contribution in [3.8, 4) is 11.1 Å². The first-order valence-corrected chi connectivity index (χ1v) is 8.10. The van der Waals surface area contributed by atoms with E-state index in [9.17, 15) is 9.59 Å². The van der Waals surface area contributed by atoms with Gasteiger partial charge < -0.3 is 14.6 Å². The zero-order chi connectivity index (χ0) is 18.5. The van der Waals surface area contributed by atoms with Gasteiger partial charge in [0.15, 0.2) is 6.61 Å². The number of carbonyl (C=O) groups excluding carboxylic acids is 2. The molecule has 0 unspecified atom stereocenters. The number of anilines is 1. The molecule has 3 aromatic rings. The molecule has 0 radical (unpaired) electrons. The molecule has 0 aliphatic heterocycles. The van der Waals surface area contributed by atoms with Gasteiger partial charge in [-0.1, -0.05) is 53.7 Å². The molecule has 0 spiro atoms. The van der Waals surface area contributed by atoms with E-state index in [0.29, 0.717) is 17.1 Å². The number of nitrogens with zero attached hydrogens (tertiary/aromatic N) is 1. The van der Waals surface area contributed by atoms with Gasteiger partial charge >= 0.3 is 5.97 Å². The first-order valence-electron chi connectivity index (χ1n) is 8.10. The zero-order valence-corrected chi connectivity index (χ0v) is 14.5. The van der Waals surface area contributed by atoms with Crippen LogP contribution < -0.4 is 5.32 Å². The van der Waals surface area contributed by atoms with E-state index in [2.05, 4.69) is 10.5 Å². The van der Waals surface area contributed by atoms with Crippen molar-refractivity contribution in [3.63, 3.8) is 0 Å². The monoisotopic (exact) mass is 350 g/mol. The van der Waals surface area contributed by atoms with E-state index >= 15 is 0 Å². The van der Waals surface area contributed by atoms with E-state index in [-0.39, 0.29) is 5.56 Å². The summed E-state index contributed by atoms with van der Waals surface area (Å²) in [6, 6.07) is 17.2. The van der Waals surface area contributed by atoms with Gasteiger partial charge in [0, 0.05) is 11.3 Å². The quantitative estimate of drug-likeness (QED) is 0.709. The molecule has 6 nitrogen and oxygen atoms in total. The number of aryl methyl sites for hydroxylation is 2. The molecule has 1 aromatic heterocycles. The Hall–Kier alpha value is -3.41. The lowest BCUT2D eigenvalue weighted by Gasteiger charge is -2.11. The predicted molar refractivity (Wildman–Crippen MR) is 96.8 cm³/mol. The first kappa shape index (κ1) is 17.4. The number of nitrogens with one attached hydrogen (secondary N) is 1. The molecule has 0 aliphatic carbocycles. The van der Waals surface area contributed by atoms with E-state index in [1.807, 2.05) is 48.5 Å². The van der Waals surface area contributed by atoms with E-state index in [0.717, 1.165) is 11.1 Å². The molecule has 3 rings (SSSR count). The number of carbonyl (C=O) groups is 2. The van der Waals surface area contributed by atoms with Gasteiger partial charge in [-0.15, -0.1) is 0 Å². The molecule has 0 fully saturated rings. The van der Waals surface area contributed by atoms with Gasteiger partial charge in [0.25, 0.3) is 5.91 Å². The summed E-state index contributed by atoms with van der Waals surface area (Å²) in [5.74, 6) is -0.691. The topological polar surface area (TPSA) is 81.4 Å². The third kappa shape index (κ3) is 3.80. The second-order valence-corrected chi connectivity index (χ2v) is 5.74. The van der Waals surface area contributed by atoms with E-state index < -0.39 is 18.5 Å². The lowest BCUT2D eigenvalue weighted by atomic mass is 10.0. The molecule has 0 saturated heterocycles. The summed E-state index contributed by atoms with van der Waals surface area (Å²) in [5, 5.41) is 6.48. The van der Waals surface area contributed by atoms with Crippen LogP contribution in [0, 0.1) is 13.8 Å². The molecule has 0 bridgehead atoms. The van der Waals surface area contributed by atoms with Crippen LogP contribution >= 0.6 is 0 Å². The molecular weight excluding hydrogens is 332 g/mol. The average Bonchev–Trinajstić information content (AvgIpc) is 2.99. The van der Waals surface area contributed by atoms with Crippen molar-refractivity contribution in [2.24, 2.45) is 0 Å². The van der Waals surface area contributed by atoms with E-state index in [4.69, 9.17) is 9.26 Å². The minimum absolute atomic E-state index is 0.252. The minimum Gasteiger partial charge on any atom is -0.452 e. The maximum Gasteiger partial charge on any atom is 0.344 e. The Bertz CT molecular complexity index is 912. The number of benzene rings is 2. The van der Waals surface area contributed by atoms with Crippen LogP contribution in [0.3, 0.4) is 0 Å². The van der Waals surface area contributed by atoms with Crippen molar-refractivity contribution < 1.29 is 18.8 Å². The maximum absolute atomic E-state index is 12.2. The second kappa shape index (κ2) is 7.65. The normalized spacial score (nSPS) is 10.4. The third-order valence-corrected chi connectivity index (χ3v) is 3.86. The Balaban J connectivity index is 1.67. The Kier molecular flexibility index (Phi) is 5.12. The lowest BCUT2D eigenvalue weighted by Crippen LogP contribution is -2.21. The molecule has 1 heterocycles. The molecular formula is C20H18N2O4. The average molecular weight is 350 g/mol. The molecule has 26 heavy (non-hydrogen) atoms. The molecule has 2 aromatic carbocycles. The van der Waals surface area contributed by atoms with Crippen molar-refractivity contribution in [1.29, 1.82) is 0 Å². The Morgan fingerprint density at radius 1 is 1.04 bits per heavy atom. The molecule has 1 N–H and O–H groups in total. The minimum atomic E-state index is -0.632. The van der Waals surface area contributed by atoms with Crippen LogP contribution in [0.25, 0.3) is 11.1 Å². The number of amides is 1. The third-order valence-electron chi connectivity index (χ3n) is 3.86. The van der Waals surface area contributed by atoms with Crippen LogP contribution in [-0.4, -0.2) is 23.6 Å². The van der Waals surface area contributed by atoms with Crippen molar-refractivity contribution in [2.45, 2.75) is 13.8 Å². The summed E-state index contributed by atoms with van der Waals surface area (Å²) in [5.41, 5.74) is 3.21. The number of esters is 1. The Labute approximate surface area is 150 Å². The highest BCUT2D eigenvalue weighted by molar-refractivity contribution is 5.98. The summed E-state index contributed by atoms with van der Waals surface area (Å²) >= 11 is 0. The fraction of sp³-hybridized carbons (Fsp3) is 0.150. The summed E-state index contributed by atoms with van der Waals surface area (Å²) in [6.45, 7) is 2.86. The number of para-hydroxylation sites is 1. The van der Waals surface area contributed by atoms with Crippen LogP contribution in [0.15, 0.2) is 59.1 Å². The predicted octanol–water partition coefficient (Wildman–Crippen LogP) is 3.75. The summed E-state index contributed by atoms with van der Waals surface area (Å²) in [7, 11) is 0. The van der Waals surface area contributed by atoms with Crippen LogP contribution in [0.5, 0.6) is 0 Å². The van der Waals surface area contributed by atoms with Crippen molar-refractivity contribution >= 4 is 17.6 Å². The molecule has 0 atom stereocenters. The number of aromatic nitrogens is 1. The van der Waals surface area contributed by atoms with Crippen molar-refractivity contribution in [1.82, 2.24) is 5.16 Å². The van der Waals surface area contributed by atoms with Gasteiger partial charge in [0.05, 0.1) is 5.69 Å². The smallest absolute Gasteiger partial charge is 0.344 e. The van der Waals surface area contributed by atoms with Crippen LogP contribution in [0.1, 0.15) is 21.8 Å². The fourth-order valence-electron chi connectivity index (χ4n) is 2.63. The lowest BCUT2D eigenvalue weighted by molar-refractivity contribution is -0.119. The molecule has 6 heteroatoms. The summed E-state index contributed by atoms with van der Waals surface area (Å²) in [4.78, 5) is 24.3. The summed E-state index contributed by atoms with van der Waals surface area (Å²) in [6.07, 6.45) is 0. The van der Waals surface area contributed by atoms with Gasteiger partial charge in [-0.3, -0.25) is 4.79 Å². The number of ether oxygens (including phenoxy) is 1. The Morgan fingerprint density at radius 2 is 1.73 bits per heavy atom. The van der Waals surface area contributed by atoms with Gasteiger partial charge in [-0.05, 0) is 25.5 Å². The van der Waals surface area contributed by atoms with Crippen LogP contribution in [0.4, 0.5) is 5.69 Å². The molecule has 1 amide bonds. The first-order chi connectivity index (χ1) is 12.6. The SMILES string of the molecule is Cc1noc(C)c1C(=O)OCC(=O)Nc1ccccc1-c1ccccc1. The Morgan fingerprint density at radius 3 is 2.42 bits per heavy atom. The summed E-state index contributed by atoms with van der Waals surface area (Å²) < 4.78 is 10.0. The highest BCUT2D eigenvalue weighted by Crippen LogP contribution is 2.27. The number of hydrogen-bond donors (Lipinski definition) is 1. The standard InChI is InChI=1S/C20H18N2O4/c1-13-19(14(2)26-22-13)20(24)25-12-18(23)21-17-11-7-6-10-16(17)15-8-4-3-5-9-15/h3-11H,12H2,1-2H3,(H,21,23). The number of rotatable bonds is 5. The van der Waals surface area contributed by atoms with Gasteiger partial charge in [0.2, 0.25) is 0 Å². The van der Waals surface area contributed by atoms with Crippen molar-refractivity contribution in [3.05, 3.63) is 71.6 Å².